The fraction of sp³-hybridized carbons (Fsp3) is 0.174. The Morgan fingerprint density at radius 1 is 1.13 bits per heavy atom. The molecule has 0 aliphatic carbocycles. The Morgan fingerprint density at radius 2 is 1.87 bits per heavy atom. The van der Waals surface area contributed by atoms with E-state index in [1.165, 1.54) is 18.4 Å². The molecule has 0 spiro atoms. The fourth-order valence-corrected chi connectivity index (χ4v) is 3.38. The van der Waals surface area contributed by atoms with Crippen LogP contribution in [0.4, 0.5) is 5.69 Å². The second kappa shape index (κ2) is 8.24. The largest absolute Gasteiger partial charge is 0.465 e. The number of ether oxygens (including phenoxy) is 3. The number of carbonyl (C=O) groups is 2. The molecule has 0 unspecified atom stereocenters. The summed E-state index contributed by atoms with van der Waals surface area (Å²) < 4.78 is 15.5. The predicted molar refractivity (Wildman–Crippen MR) is 111 cm³/mol. The Kier molecular flexibility index (Phi) is 5.34. The Labute approximate surface area is 173 Å². The molecule has 0 radical (unpaired) electrons. The second-order valence-corrected chi connectivity index (χ2v) is 6.77. The molecule has 2 heterocycles. The summed E-state index contributed by atoms with van der Waals surface area (Å²) in [5, 5.41) is 5.78. The zero-order valence-corrected chi connectivity index (χ0v) is 16.6. The zero-order valence-electron chi connectivity index (χ0n) is 16.6. The van der Waals surface area contributed by atoms with E-state index in [4.69, 9.17) is 14.2 Å². The molecular weight excluding hydrogens is 384 g/mol. The van der Waals surface area contributed by atoms with Crippen molar-refractivity contribution in [2.24, 2.45) is 5.10 Å². The van der Waals surface area contributed by atoms with Crippen LogP contribution in [0.25, 0.3) is 0 Å². The Bertz CT molecular complexity index is 1070. The van der Waals surface area contributed by atoms with Gasteiger partial charge in [0.1, 0.15) is 6.26 Å². The van der Waals surface area contributed by atoms with Crippen molar-refractivity contribution in [2.75, 3.05) is 18.9 Å². The zero-order chi connectivity index (χ0) is 21.1. The molecule has 2 aromatic rings. The molecule has 2 aliphatic heterocycles. The molecular formula is C23H20N2O5. The molecule has 4 rings (SSSR count). The lowest BCUT2D eigenvalue weighted by atomic mass is 9.96. The Balaban J connectivity index is 1.70. The van der Waals surface area contributed by atoms with E-state index in [0.29, 0.717) is 34.7 Å². The van der Waals surface area contributed by atoms with Crippen LogP contribution >= 0.6 is 0 Å². The lowest BCUT2D eigenvalue weighted by molar-refractivity contribution is -0.114. The van der Waals surface area contributed by atoms with Gasteiger partial charge in [-0.1, -0.05) is 30.3 Å². The number of anilines is 1. The second-order valence-electron chi connectivity index (χ2n) is 6.77. The molecule has 152 valence electrons. The standard InChI is InChI=1S/C23H20N2O5/c1-15-21(19(20-13-29-14-30-20)12-16-6-4-3-5-7-16)22(26)25(24-15)18-10-8-17(9-11-18)23(27)28-2/h3-11,13H,12,14H2,1-2H3. The van der Waals surface area contributed by atoms with Crippen LogP contribution in [0.3, 0.4) is 0 Å². The number of carbonyl (C=O) groups excluding carboxylic acids is 2. The third-order valence-corrected chi connectivity index (χ3v) is 4.85. The van der Waals surface area contributed by atoms with Gasteiger partial charge in [-0.25, -0.2) is 4.79 Å². The summed E-state index contributed by atoms with van der Waals surface area (Å²) in [7, 11) is 1.32. The minimum absolute atomic E-state index is 0.115. The Morgan fingerprint density at radius 3 is 2.50 bits per heavy atom. The molecule has 2 aliphatic rings. The van der Waals surface area contributed by atoms with Crippen LogP contribution in [-0.4, -0.2) is 31.5 Å². The topological polar surface area (TPSA) is 77.4 Å². The van der Waals surface area contributed by atoms with Crippen LogP contribution in [0.15, 0.2) is 82.9 Å². The van der Waals surface area contributed by atoms with Gasteiger partial charge >= 0.3 is 5.97 Å². The first-order chi connectivity index (χ1) is 14.6. The van der Waals surface area contributed by atoms with Crippen LogP contribution in [0.2, 0.25) is 0 Å². The molecule has 0 aromatic heterocycles. The van der Waals surface area contributed by atoms with Gasteiger partial charge in [0.2, 0.25) is 6.79 Å². The molecule has 7 heteroatoms. The van der Waals surface area contributed by atoms with Crippen LogP contribution in [0, 0.1) is 0 Å². The first kappa shape index (κ1) is 19.4. The highest BCUT2D eigenvalue weighted by atomic mass is 16.7. The first-order valence-corrected chi connectivity index (χ1v) is 9.39. The molecule has 0 bridgehead atoms. The van der Waals surface area contributed by atoms with Crippen molar-refractivity contribution in [3.8, 4) is 0 Å². The summed E-state index contributed by atoms with van der Waals surface area (Å²) in [6.45, 7) is 1.90. The number of allylic oxidation sites excluding steroid dienone is 1. The number of amides is 1. The molecule has 1 amide bonds. The fourth-order valence-electron chi connectivity index (χ4n) is 3.38. The van der Waals surface area contributed by atoms with E-state index in [0.717, 1.165) is 11.1 Å². The summed E-state index contributed by atoms with van der Waals surface area (Å²) in [5.74, 6) is -0.176. The van der Waals surface area contributed by atoms with Gasteiger partial charge in [-0.15, -0.1) is 0 Å². The molecule has 2 aromatic carbocycles. The summed E-state index contributed by atoms with van der Waals surface area (Å²) in [5.41, 5.74) is 3.78. The summed E-state index contributed by atoms with van der Waals surface area (Å²) >= 11 is 0. The summed E-state index contributed by atoms with van der Waals surface area (Å²) in [4.78, 5) is 25.0. The van der Waals surface area contributed by atoms with E-state index in [2.05, 4.69) is 5.10 Å². The molecule has 0 saturated heterocycles. The Hall–Kier alpha value is -3.87. The van der Waals surface area contributed by atoms with Gasteiger partial charge in [-0.05, 0) is 36.8 Å². The first-order valence-electron chi connectivity index (χ1n) is 9.39. The van der Waals surface area contributed by atoms with E-state index >= 15 is 0 Å². The van der Waals surface area contributed by atoms with E-state index in [-0.39, 0.29) is 12.7 Å². The number of nitrogens with zero attached hydrogens (tertiary/aromatic N) is 2. The van der Waals surface area contributed by atoms with Gasteiger partial charge in [-0.2, -0.15) is 10.1 Å². The number of hydrogen-bond acceptors (Lipinski definition) is 6. The van der Waals surface area contributed by atoms with Crippen LogP contribution in [-0.2, 0) is 25.4 Å². The van der Waals surface area contributed by atoms with Crippen molar-refractivity contribution in [3.05, 3.63) is 88.9 Å². The molecule has 7 nitrogen and oxygen atoms in total. The van der Waals surface area contributed by atoms with Crippen molar-refractivity contribution in [1.82, 2.24) is 0 Å². The third kappa shape index (κ3) is 3.69. The number of benzene rings is 2. The normalized spacial score (nSPS) is 17.1. The van der Waals surface area contributed by atoms with E-state index in [1.54, 1.807) is 31.2 Å². The lowest BCUT2D eigenvalue weighted by Crippen LogP contribution is -2.23. The lowest BCUT2D eigenvalue weighted by Gasteiger charge is -2.14. The van der Waals surface area contributed by atoms with E-state index < -0.39 is 5.97 Å². The highest BCUT2D eigenvalue weighted by Gasteiger charge is 2.33. The number of hydrogen-bond donors (Lipinski definition) is 0. The third-order valence-electron chi connectivity index (χ3n) is 4.85. The van der Waals surface area contributed by atoms with Crippen LogP contribution < -0.4 is 5.01 Å². The molecule has 0 saturated carbocycles. The van der Waals surface area contributed by atoms with E-state index in [9.17, 15) is 9.59 Å². The number of esters is 1. The highest BCUT2D eigenvalue weighted by molar-refractivity contribution is 6.30. The maximum atomic E-state index is 13.3. The monoisotopic (exact) mass is 404 g/mol. The van der Waals surface area contributed by atoms with Gasteiger partial charge in [-0.3, -0.25) is 4.79 Å². The average Bonchev–Trinajstić information content (AvgIpc) is 3.41. The number of rotatable bonds is 5. The van der Waals surface area contributed by atoms with Gasteiger partial charge in [0, 0.05) is 12.0 Å². The predicted octanol–water partition coefficient (Wildman–Crippen LogP) is 3.58. The summed E-state index contributed by atoms with van der Waals surface area (Å²) in [6.07, 6.45) is 2.03. The minimum atomic E-state index is -0.440. The maximum Gasteiger partial charge on any atom is 0.337 e. The van der Waals surface area contributed by atoms with Crippen molar-refractivity contribution < 1.29 is 23.8 Å². The minimum Gasteiger partial charge on any atom is -0.465 e. The molecule has 0 fully saturated rings. The summed E-state index contributed by atoms with van der Waals surface area (Å²) in [6, 6.07) is 16.3. The van der Waals surface area contributed by atoms with Crippen LogP contribution in [0.1, 0.15) is 22.8 Å². The van der Waals surface area contributed by atoms with Crippen LogP contribution in [0.5, 0.6) is 0 Å². The van der Waals surface area contributed by atoms with Gasteiger partial charge in [0.15, 0.2) is 5.76 Å². The number of methoxy groups -OCH3 is 1. The van der Waals surface area contributed by atoms with Crippen molar-refractivity contribution in [3.63, 3.8) is 0 Å². The van der Waals surface area contributed by atoms with Gasteiger partial charge < -0.3 is 14.2 Å². The highest BCUT2D eigenvalue weighted by Crippen LogP contribution is 2.31. The van der Waals surface area contributed by atoms with Crippen molar-refractivity contribution in [2.45, 2.75) is 13.3 Å². The van der Waals surface area contributed by atoms with Gasteiger partial charge in [0.05, 0.1) is 29.6 Å². The quantitative estimate of drug-likeness (QED) is 0.562. The van der Waals surface area contributed by atoms with Crippen molar-refractivity contribution >= 4 is 23.3 Å². The molecule has 30 heavy (non-hydrogen) atoms. The SMILES string of the molecule is COC(=O)c1ccc(N2N=C(C)C(=C(Cc3ccccc3)C3=COCO3)C2=O)cc1. The molecule has 0 N–H and O–H groups in total. The smallest absolute Gasteiger partial charge is 0.337 e. The maximum absolute atomic E-state index is 13.3. The van der Waals surface area contributed by atoms with E-state index in [1.807, 2.05) is 30.3 Å². The van der Waals surface area contributed by atoms with Gasteiger partial charge in [0.25, 0.3) is 5.91 Å². The number of hydrazone groups is 1. The molecule has 0 atom stereocenters. The average molecular weight is 404 g/mol. The van der Waals surface area contributed by atoms with Crippen molar-refractivity contribution in [1.29, 1.82) is 0 Å².